The number of hydrogen-bond donors (Lipinski definition) is 1. The molecule has 138 valence electrons. The summed E-state index contributed by atoms with van der Waals surface area (Å²) >= 11 is 0. The lowest BCUT2D eigenvalue weighted by Gasteiger charge is -2.22. The molecule has 0 spiro atoms. The number of rotatable bonds is 6. The number of benzene rings is 3. The van der Waals surface area contributed by atoms with Crippen LogP contribution in [-0.2, 0) is 14.8 Å². The van der Waals surface area contributed by atoms with Crippen molar-refractivity contribution in [2.24, 2.45) is 0 Å². The van der Waals surface area contributed by atoms with Crippen molar-refractivity contribution in [1.29, 1.82) is 0 Å². The molecule has 3 rings (SSSR count). The lowest BCUT2D eigenvalue weighted by Crippen LogP contribution is -2.31. The third kappa shape index (κ3) is 3.99. The van der Waals surface area contributed by atoms with Gasteiger partial charge in [-0.05, 0) is 42.3 Å². The molecule has 5 heteroatoms. The third-order valence-electron chi connectivity index (χ3n) is 4.54. The maximum absolute atomic E-state index is 12.9. The van der Waals surface area contributed by atoms with Crippen LogP contribution in [0.15, 0.2) is 83.8 Å². The van der Waals surface area contributed by atoms with Gasteiger partial charge in [-0.15, -0.1) is 0 Å². The fourth-order valence-corrected chi connectivity index (χ4v) is 4.18. The predicted octanol–water partition coefficient (Wildman–Crippen LogP) is 4.31. The Kier molecular flexibility index (Phi) is 5.26. The molecule has 3 aromatic rings. The van der Waals surface area contributed by atoms with Crippen molar-refractivity contribution in [2.45, 2.75) is 24.8 Å². The number of hydrogen-bond acceptors (Lipinski definition) is 3. The molecule has 0 saturated carbocycles. The van der Waals surface area contributed by atoms with Gasteiger partial charge in [-0.3, -0.25) is 4.79 Å². The minimum absolute atomic E-state index is 0.148. The Hall–Kier alpha value is -2.76. The lowest BCUT2D eigenvalue weighted by atomic mass is 9.93. The van der Waals surface area contributed by atoms with Crippen LogP contribution in [-0.4, -0.2) is 14.2 Å². The molecular formula is C22H21NO3S. The van der Waals surface area contributed by atoms with Gasteiger partial charge < -0.3 is 0 Å². The highest BCUT2D eigenvalue weighted by molar-refractivity contribution is 7.89. The second kappa shape index (κ2) is 7.47. The molecule has 0 saturated heterocycles. The Labute approximate surface area is 159 Å². The van der Waals surface area contributed by atoms with Crippen LogP contribution in [0.4, 0.5) is 0 Å². The van der Waals surface area contributed by atoms with Crippen LogP contribution < -0.4 is 4.72 Å². The maximum Gasteiger partial charge on any atom is 0.241 e. The van der Waals surface area contributed by atoms with E-state index in [9.17, 15) is 13.2 Å². The Balaban J connectivity index is 2.11. The van der Waals surface area contributed by atoms with Gasteiger partial charge in [-0.2, -0.15) is 4.72 Å². The van der Waals surface area contributed by atoms with E-state index in [1.54, 1.807) is 24.3 Å². The zero-order chi connectivity index (χ0) is 19.6. The van der Waals surface area contributed by atoms with Gasteiger partial charge in [0.1, 0.15) is 0 Å². The summed E-state index contributed by atoms with van der Waals surface area (Å²) < 4.78 is 28.5. The summed E-state index contributed by atoms with van der Waals surface area (Å²) in [6.07, 6.45) is 0. The van der Waals surface area contributed by atoms with Crippen molar-refractivity contribution in [2.75, 3.05) is 0 Å². The van der Waals surface area contributed by atoms with E-state index < -0.39 is 16.1 Å². The molecule has 0 radical (unpaired) electrons. The molecule has 0 bridgehead atoms. The van der Waals surface area contributed by atoms with E-state index >= 15 is 0 Å². The minimum Gasteiger partial charge on any atom is -0.295 e. The second-order valence-electron chi connectivity index (χ2n) is 6.52. The number of nitrogens with one attached hydrogen (secondary N) is 1. The van der Waals surface area contributed by atoms with Gasteiger partial charge in [0.15, 0.2) is 5.78 Å². The molecule has 0 unspecified atom stereocenters. The number of ketones is 1. The van der Waals surface area contributed by atoms with Crippen molar-refractivity contribution in [1.82, 2.24) is 4.72 Å². The average Bonchev–Trinajstić information content (AvgIpc) is 2.65. The molecule has 0 aliphatic heterocycles. The topological polar surface area (TPSA) is 63.2 Å². The van der Waals surface area contributed by atoms with E-state index in [1.807, 2.05) is 49.4 Å². The Morgan fingerprint density at radius 1 is 0.963 bits per heavy atom. The standard InChI is InChI=1S/C22H21NO3S/c1-15-11-13-19(14-12-15)27(25,26)23-22(16(2)17(3)24)21-10-6-8-18-7-4-5-9-20(18)21/h4-14,22-23H,2H2,1,3H3/t22-/m0/s1. The molecule has 0 aliphatic rings. The summed E-state index contributed by atoms with van der Waals surface area (Å²) in [6, 6.07) is 19.0. The Bertz CT molecular complexity index is 1110. The molecule has 4 nitrogen and oxygen atoms in total. The SMILES string of the molecule is C=C(C(C)=O)[C@H](NS(=O)(=O)c1ccc(C)cc1)c1cccc2ccccc12. The van der Waals surface area contributed by atoms with Crippen LogP contribution in [0.3, 0.4) is 0 Å². The zero-order valence-electron chi connectivity index (χ0n) is 15.3. The average molecular weight is 379 g/mol. The zero-order valence-corrected chi connectivity index (χ0v) is 16.1. The number of Topliss-reactive ketones (excluding diaryl/α,β-unsaturated/α-hetero) is 1. The van der Waals surface area contributed by atoms with Crippen molar-refractivity contribution in [3.63, 3.8) is 0 Å². The van der Waals surface area contributed by atoms with Crippen LogP contribution in [0.5, 0.6) is 0 Å². The molecule has 27 heavy (non-hydrogen) atoms. The van der Waals surface area contributed by atoms with Gasteiger partial charge in [0.25, 0.3) is 0 Å². The smallest absolute Gasteiger partial charge is 0.241 e. The Morgan fingerprint density at radius 2 is 1.59 bits per heavy atom. The van der Waals surface area contributed by atoms with E-state index in [0.29, 0.717) is 5.56 Å². The predicted molar refractivity (Wildman–Crippen MR) is 108 cm³/mol. The van der Waals surface area contributed by atoms with E-state index in [-0.39, 0.29) is 16.3 Å². The van der Waals surface area contributed by atoms with Gasteiger partial charge in [0.2, 0.25) is 10.0 Å². The van der Waals surface area contributed by atoms with Crippen molar-refractivity contribution in [3.05, 3.63) is 90.0 Å². The molecule has 0 aliphatic carbocycles. The summed E-state index contributed by atoms with van der Waals surface area (Å²) in [5.74, 6) is -0.264. The van der Waals surface area contributed by atoms with Crippen molar-refractivity contribution >= 4 is 26.6 Å². The van der Waals surface area contributed by atoms with Crippen molar-refractivity contribution < 1.29 is 13.2 Å². The first-order valence-electron chi connectivity index (χ1n) is 8.56. The second-order valence-corrected chi connectivity index (χ2v) is 8.23. The number of aryl methyl sites for hydroxylation is 1. The quantitative estimate of drug-likeness (QED) is 0.649. The molecular weight excluding hydrogens is 358 g/mol. The van der Waals surface area contributed by atoms with Crippen LogP contribution in [0.25, 0.3) is 10.8 Å². The lowest BCUT2D eigenvalue weighted by molar-refractivity contribution is -0.113. The van der Waals surface area contributed by atoms with Crippen LogP contribution >= 0.6 is 0 Å². The maximum atomic E-state index is 12.9. The largest absolute Gasteiger partial charge is 0.295 e. The minimum atomic E-state index is -3.83. The summed E-state index contributed by atoms with van der Waals surface area (Å²) in [6.45, 7) is 7.13. The highest BCUT2D eigenvalue weighted by atomic mass is 32.2. The van der Waals surface area contributed by atoms with E-state index in [0.717, 1.165) is 16.3 Å². The van der Waals surface area contributed by atoms with E-state index in [1.165, 1.54) is 6.92 Å². The van der Waals surface area contributed by atoms with Gasteiger partial charge in [-0.1, -0.05) is 66.7 Å². The molecule has 1 atom stereocenters. The highest BCUT2D eigenvalue weighted by Gasteiger charge is 2.26. The number of carbonyl (C=O) groups excluding carboxylic acids is 1. The molecule has 0 heterocycles. The Morgan fingerprint density at radius 3 is 2.26 bits per heavy atom. The van der Waals surface area contributed by atoms with E-state index in [2.05, 4.69) is 11.3 Å². The summed E-state index contributed by atoms with van der Waals surface area (Å²) in [4.78, 5) is 12.2. The monoisotopic (exact) mass is 379 g/mol. The summed E-state index contributed by atoms with van der Waals surface area (Å²) in [7, 11) is -3.83. The van der Waals surface area contributed by atoms with Gasteiger partial charge in [0, 0.05) is 5.57 Å². The molecule has 0 amide bonds. The van der Waals surface area contributed by atoms with Crippen LogP contribution in [0, 0.1) is 6.92 Å². The molecule has 1 N–H and O–H groups in total. The molecule has 3 aromatic carbocycles. The molecule has 0 aromatic heterocycles. The fraction of sp³-hybridized carbons (Fsp3) is 0.136. The van der Waals surface area contributed by atoms with Gasteiger partial charge in [0.05, 0.1) is 10.9 Å². The van der Waals surface area contributed by atoms with Crippen LogP contribution in [0.1, 0.15) is 24.1 Å². The third-order valence-corrected chi connectivity index (χ3v) is 5.98. The number of carbonyl (C=O) groups is 1. The summed E-state index contributed by atoms with van der Waals surface area (Å²) in [5.41, 5.74) is 1.86. The van der Waals surface area contributed by atoms with Crippen LogP contribution in [0.2, 0.25) is 0 Å². The number of sulfonamides is 1. The van der Waals surface area contributed by atoms with Gasteiger partial charge >= 0.3 is 0 Å². The van der Waals surface area contributed by atoms with Gasteiger partial charge in [-0.25, -0.2) is 8.42 Å². The first kappa shape index (κ1) is 19.0. The normalized spacial score (nSPS) is 12.7. The summed E-state index contributed by atoms with van der Waals surface area (Å²) in [5, 5.41) is 1.84. The highest BCUT2D eigenvalue weighted by Crippen LogP contribution is 2.30. The number of fused-ring (bicyclic) bond motifs is 1. The van der Waals surface area contributed by atoms with Crippen molar-refractivity contribution in [3.8, 4) is 0 Å². The first-order valence-corrected chi connectivity index (χ1v) is 10.0. The fourth-order valence-electron chi connectivity index (χ4n) is 2.97. The first-order chi connectivity index (χ1) is 12.8. The van der Waals surface area contributed by atoms with E-state index in [4.69, 9.17) is 0 Å². The molecule has 0 fully saturated rings.